The molecule has 0 aliphatic rings. The molecule has 0 N–H and O–H groups in total. The van der Waals surface area contributed by atoms with Crippen LogP contribution in [-0.4, -0.2) is 21.0 Å². The fourth-order valence-electron chi connectivity index (χ4n) is 1.53. The third kappa shape index (κ3) is 3.40. The lowest BCUT2D eigenvalue weighted by Crippen LogP contribution is -2.13. The summed E-state index contributed by atoms with van der Waals surface area (Å²) in [4.78, 5) is 20.1. The fraction of sp³-hybridized carbons (Fsp3) is 0.214. The summed E-state index contributed by atoms with van der Waals surface area (Å²) >= 11 is 1.59. The Balaban J connectivity index is 1.93. The van der Waals surface area contributed by atoms with E-state index < -0.39 is 0 Å². The number of Topliss-reactive ketones (excluding diaryl/α,β-unsaturated/α-hetero) is 1. The molecule has 2 aromatic rings. The van der Waals surface area contributed by atoms with Crippen molar-refractivity contribution in [2.45, 2.75) is 17.9 Å². The summed E-state index contributed by atoms with van der Waals surface area (Å²) in [5.74, 6) is 0.886. The molecule has 0 radical (unpaired) electrons. The smallest absolute Gasteiger partial charge is 0.175 e. The van der Waals surface area contributed by atoms with Gasteiger partial charge in [0, 0.05) is 17.5 Å². The zero-order chi connectivity index (χ0) is 12.8. The number of rotatable bonds is 5. The molecule has 92 valence electrons. The molecule has 18 heavy (non-hydrogen) atoms. The summed E-state index contributed by atoms with van der Waals surface area (Å²) in [6.07, 6.45) is 3.24. The van der Waals surface area contributed by atoms with Crippen LogP contribution in [0.15, 0.2) is 48.9 Å². The number of nitrogens with zero attached hydrogens (tertiary/aromatic N) is 2. The second-order valence-corrected chi connectivity index (χ2v) is 5.21. The maximum Gasteiger partial charge on any atom is 0.175 e. The van der Waals surface area contributed by atoms with E-state index in [-0.39, 0.29) is 11.0 Å². The van der Waals surface area contributed by atoms with Gasteiger partial charge in [0.05, 0.1) is 10.9 Å². The number of benzene rings is 1. The van der Waals surface area contributed by atoms with Crippen LogP contribution in [0.2, 0.25) is 0 Å². The molecule has 1 atom stereocenters. The molecule has 1 aromatic carbocycles. The average Bonchev–Trinajstić information content (AvgIpc) is 2.46. The lowest BCUT2D eigenvalue weighted by Gasteiger charge is -2.09. The Kier molecular flexibility index (Phi) is 4.47. The fourth-order valence-corrected chi connectivity index (χ4v) is 2.41. The van der Waals surface area contributed by atoms with E-state index in [1.165, 1.54) is 6.33 Å². The maximum atomic E-state index is 12.1. The first-order valence-electron chi connectivity index (χ1n) is 5.73. The first-order valence-corrected chi connectivity index (χ1v) is 6.78. The summed E-state index contributed by atoms with van der Waals surface area (Å²) in [6, 6.07) is 11.3. The van der Waals surface area contributed by atoms with E-state index >= 15 is 0 Å². The number of hydrogen-bond donors (Lipinski definition) is 0. The van der Waals surface area contributed by atoms with E-state index in [0.29, 0.717) is 0 Å². The highest BCUT2D eigenvalue weighted by molar-refractivity contribution is 7.99. The Bertz CT molecular complexity index is 502. The summed E-state index contributed by atoms with van der Waals surface area (Å²) in [6.45, 7) is 1.93. The van der Waals surface area contributed by atoms with E-state index in [9.17, 15) is 4.79 Å². The number of carbonyl (C=O) groups is 1. The number of hydrogen-bond acceptors (Lipinski definition) is 4. The van der Waals surface area contributed by atoms with Gasteiger partial charge in [0.25, 0.3) is 0 Å². The van der Waals surface area contributed by atoms with Crippen molar-refractivity contribution in [3.05, 3.63) is 60.2 Å². The predicted molar refractivity (Wildman–Crippen MR) is 73.6 cm³/mol. The molecular formula is C14H14N2OS. The third-order valence-corrected chi connectivity index (χ3v) is 3.73. The van der Waals surface area contributed by atoms with Crippen LogP contribution >= 0.6 is 11.8 Å². The van der Waals surface area contributed by atoms with Crippen LogP contribution in [0.1, 0.15) is 23.0 Å². The van der Waals surface area contributed by atoms with Gasteiger partial charge in [-0.05, 0) is 13.0 Å². The van der Waals surface area contributed by atoms with E-state index in [2.05, 4.69) is 9.97 Å². The van der Waals surface area contributed by atoms with Crippen molar-refractivity contribution in [2.24, 2.45) is 0 Å². The van der Waals surface area contributed by atoms with E-state index in [0.717, 1.165) is 17.0 Å². The van der Waals surface area contributed by atoms with Crippen molar-refractivity contribution in [3.8, 4) is 0 Å². The average molecular weight is 258 g/mol. The second-order valence-electron chi connectivity index (χ2n) is 3.88. The molecule has 0 amide bonds. The number of aromatic nitrogens is 2. The first kappa shape index (κ1) is 12.8. The molecule has 0 bridgehead atoms. The number of carbonyl (C=O) groups excluding carboxylic acids is 1. The van der Waals surface area contributed by atoms with Gasteiger partial charge in [-0.2, -0.15) is 0 Å². The van der Waals surface area contributed by atoms with Crippen LogP contribution in [0.4, 0.5) is 0 Å². The lowest BCUT2D eigenvalue weighted by molar-refractivity contribution is 0.0994. The minimum atomic E-state index is -0.0673. The topological polar surface area (TPSA) is 42.9 Å². The van der Waals surface area contributed by atoms with E-state index in [4.69, 9.17) is 0 Å². The van der Waals surface area contributed by atoms with Gasteiger partial charge in [-0.25, -0.2) is 9.97 Å². The molecule has 0 saturated carbocycles. The Morgan fingerprint density at radius 3 is 2.72 bits per heavy atom. The number of thioether (sulfide) groups is 1. The summed E-state index contributed by atoms with van der Waals surface area (Å²) in [5, 5.41) is -0.0673. The molecule has 4 heteroatoms. The monoisotopic (exact) mass is 258 g/mol. The SMILES string of the molecule is CC(SCc1ccncn1)C(=O)c1ccccc1. The highest BCUT2D eigenvalue weighted by atomic mass is 32.2. The summed E-state index contributed by atoms with van der Waals surface area (Å²) < 4.78 is 0. The van der Waals surface area contributed by atoms with Crippen molar-refractivity contribution in [1.82, 2.24) is 9.97 Å². The summed E-state index contributed by atoms with van der Waals surface area (Å²) in [5.41, 5.74) is 1.71. The van der Waals surface area contributed by atoms with Gasteiger partial charge in [-0.1, -0.05) is 30.3 Å². The van der Waals surface area contributed by atoms with Crippen molar-refractivity contribution in [3.63, 3.8) is 0 Å². The second kappa shape index (κ2) is 6.31. The Labute approximate surface area is 111 Å². The third-order valence-electron chi connectivity index (χ3n) is 2.55. The van der Waals surface area contributed by atoms with E-state index in [1.54, 1.807) is 18.0 Å². The molecule has 0 fully saturated rings. The largest absolute Gasteiger partial charge is 0.293 e. The van der Waals surface area contributed by atoms with Gasteiger partial charge < -0.3 is 0 Å². The highest BCUT2D eigenvalue weighted by Crippen LogP contribution is 2.19. The molecular weight excluding hydrogens is 244 g/mol. The standard InChI is InChI=1S/C14H14N2OS/c1-11(14(17)12-5-3-2-4-6-12)18-9-13-7-8-15-10-16-13/h2-8,10-11H,9H2,1H3. The molecule has 1 heterocycles. The molecule has 0 aliphatic heterocycles. The summed E-state index contributed by atoms with van der Waals surface area (Å²) in [7, 11) is 0. The van der Waals surface area contributed by atoms with Crippen molar-refractivity contribution in [2.75, 3.05) is 0 Å². The molecule has 0 saturated heterocycles. The number of ketones is 1. The molecule has 1 aromatic heterocycles. The van der Waals surface area contributed by atoms with Crippen molar-refractivity contribution < 1.29 is 4.79 Å². The zero-order valence-corrected chi connectivity index (χ0v) is 10.9. The molecule has 0 spiro atoms. The van der Waals surface area contributed by atoms with Crippen LogP contribution in [0.3, 0.4) is 0 Å². The zero-order valence-electron chi connectivity index (χ0n) is 10.1. The van der Waals surface area contributed by atoms with Crippen LogP contribution in [0.25, 0.3) is 0 Å². The van der Waals surface area contributed by atoms with Gasteiger partial charge in [-0.15, -0.1) is 11.8 Å². The van der Waals surface area contributed by atoms with Gasteiger partial charge >= 0.3 is 0 Å². The van der Waals surface area contributed by atoms with Crippen LogP contribution in [-0.2, 0) is 5.75 Å². The Morgan fingerprint density at radius 2 is 2.06 bits per heavy atom. The first-order chi connectivity index (χ1) is 8.77. The molecule has 1 unspecified atom stereocenters. The van der Waals surface area contributed by atoms with E-state index in [1.807, 2.05) is 43.3 Å². The van der Waals surface area contributed by atoms with Gasteiger partial charge in [0.2, 0.25) is 0 Å². The quantitative estimate of drug-likeness (QED) is 0.773. The maximum absolute atomic E-state index is 12.1. The van der Waals surface area contributed by atoms with Crippen LogP contribution in [0.5, 0.6) is 0 Å². The Hall–Kier alpha value is -1.68. The van der Waals surface area contributed by atoms with Gasteiger partial charge in [0.1, 0.15) is 6.33 Å². The van der Waals surface area contributed by atoms with Crippen LogP contribution < -0.4 is 0 Å². The predicted octanol–water partition coefficient (Wildman–Crippen LogP) is 2.98. The minimum Gasteiger partial charge on any atom is -0.293 e. The normalized spacial score (nSPS) is 12.1. The molecule has 2 rings (SSSR count). The lowest BCUT2D eigenvalue weighted by atomic mass is 10.1. The van der Waals surface area contributed by atoms with Gasteiger partial charge in [0.15, 0.2) is 5.78 Å². The molecule has 3 nitrogen and oxygen atoms in total. The van der Waals surface area contributed by atoms with Crippen LogP contribution in [0, 0.1) is 0 Å². The Morgan fingerprint density at radius 1 is 1.28 bits per heavy atom. The molecule has 0 aliphatic carbocycles. The van der Waals surface area contributed by atoms with Gasteiger partial charge in [-0.3, -0.25) is 4.79 Å². The minimum absolute atomic E-state index is 0.0673. The highest BCUT2D eigenvalue weighted by Gasteiger charge is 2.15. The van der Waals surface area contributed by atoms with Crippen molar-refractivity contribution >= 4 is 17.5 Å². The van der Waals surface area contributed by atoms with Crippen molar-refractivity contribution in [1.29, 1.82) is 0 Å².